The molecule has 1 atom stereocenters. The lowest BCUT2D eigenvalue weighted by Gasteiger charge is -2.30. The number of ether oxygens (including phenoxy) is 2. The molecule has 0 aliphatic carbocycles. The highest BCUT2D eigenvalue weighted by molar-refractivity contribution is 5.21. The molecule has 1 aromatic heterocycles. The van der Waals surface area contributed by atoms with Crippen molar-refractivity contribution in [3.8, 4) is 0 Å². The quantitative estimate of drug-likeness (QED) is 0.719. The highest BCUT2D eigenvalue weighted by Gasteiger charge is 2.33. The number of aromatic nitrogens is 1. The second-order valence-corrected chi connectivity index (χ2v) is 5.77. The van der Waals surface area contributed by atoms with Crippen molar-refractivity contribution in [2.24, 2.45) is 0 Å². The van der Waals surface area contributed by atoms with Gasteiger partial charge < -0.3 is 9.47 Å². The average Bonchev–Trinajstić information content (AvgIpc) is 2.98. The number of nitrogens with zero attached hydrogens (tertiary/aromatic N) is 2. The second-order valence-electron chi connectivity index (χ2n) is 5.77. The fourth-order valence-corrected chi connectivity index (χ4v) is 3.11. The van der Waals surface area contributed by atoms with Crippen molar-refractivity contribution in [1.82, 2.24) is 9.88 Å². The molecule has 4 nitrogen and oxygen atoms in total. The smallest absolute Gasteiger partial charge is 0.348 e. The van der Waals surface area contributed by atoms with Crippen molar-refractivity contribution >= 4 is 0 Å². The molecule has 1 saturated heterocycles. The van der Waals surface area contributed by atoms with Crippen molar-refractivity contribution in [2.75, 3.05) is 27.8 Å². The molecular formula is C17H27F3N2O2. The van der Waals surface area contributed by atoms with Crippen LogP contribution in [0.25, 0.3) is 0 Å². The van der Waals surface area contributed by atoms with Gasteiger partial charge in [-0.2, -0.15) is 13.2 Å². The van der Waals surface area contributed by atoms with Gasteiger partial charge in [-0.1, -0.05) is 19.4 Å². The normalized spacial score (nSPS) is 18.6. The molecule has 0 aromatic carbocycles. The van der Waals surface area contributed by atoms with E-state index in [0.29, 0.717) is 6.04 Å². The lowest BCUT2D eigenvalue weighted by atomic mass is 10.0. The molecule has 1 fully saturated rings. The number of likely N-dealkylation sites (tertiary alicyclic amines) is 1. The largest absolute Gasteiger partial charge is 0.379 e. The summed E-state index contributed by atoms with van der Waals surface area (Å²) in [6.45, 7) is -0.378. The van der Waals surface area contributed by atoms with Crippen molar-refractivity contribution in [3.63, 3.8) is 0 Å². The molecule has 24 heavy (non-hydrogen) atoms. The first-order valence-electron chi connectivity index (χ1n) is 8.09. The van der Waals surface area contributed by atoms with Crippen LogP contribution in [0.15, 0.2) is 18.3 Å². The molecule has 138 valence electrons. The molecule has 0 radical (unpaired) electrons. The number of hydrogen-bond donors (Lipinski definition) is 0. The molecule has 7 heteroatoms. The molecule has 0 bridgehead atoms. The van der Waals surface area contributed by atoms with Crippen LogP contribution in [0.3, 0.4) is 0 Å². The Labute approximate surface area is 142 Å². The minimum atomic E-state index is -3.67. The summed E-state index contributed by atoms with van der Waals surface area (Å²) in [5.41, 5.74) is 2.14. The van der Waals surface area contributed by atoms with Gasteiger partial charge in [0.05, 0.1) is 5.69 Å². The van der Waals surface area contributed by atoms with Crippen molar-refractivity contribution in [3.05, 3.63) is 29.6 Å². The van der Waals surface area contributed by atoms with Gasteiger partial charge in [-0.3, -0.25) is 9.88 Å². The van der Waals surface area contributed by atoms with E-state index in [2.05, 4.69) is 29.9 Å². The van der Waals surface area contributed by atoms with Crippen molar-refractivity contribution < 1.29 is 22.6 Å². The molecule has 0 N–H and O–H groups in total. The Balaban J connectivity index is 0.000000648. The van der Waals surface area contributed by atoms with Crippen molar-refractivity contribution in [1.29, 1.82) is 0 Å². The van der Waals surface area contributed by atoms with Crippen LogP contribution in [0.1, 0.15) is 49.9 Å². The summed E-state index contributed by atoms with van der Waals surface area (Å²) in [7, 11) is 5.54. The van der Waals surface area contributed by atoms with Gasteiger partial charge in [0.15, 0.2) is 0 Å². The van der Waals surface area contributed by atoms with Crippen molar-refractivity contribution in [2.45, 2.75) is 51.1 Å². The topological polar surface area (TPSA) is 34.6 Å². The van der Waals surface area contributed by atoms with Gasteiger partial charge in [0.25, 0.3) is 0 Å². The zero-order valence-corrected chi connectivity index (χ0v) is 14.8. The summed E-state index contributed by atoms with van der Waals surface area (Å²) < 4.78 is 40.2. The Hall–Kier alpha value is -1.18. The Kier molecular flexibility index (Phi) is 8.66. The lowest BCUT2D eigenvalue weighted by molar-refractivity contribution is -0.222. The van der Waals surface area contributed by atoms with Gasteiger partial charge in [-0.05, 0) is 38.1 Å². The number of halogens is 3. The highest BCUT2D eigenvalue weighted by Crippen LogP contribution is 2.33. The Morgan fingerprint density at radius 3 is 2.29 bits per heavy atom. The minimum Gasteiger partial charge on any atom is -0.348 e. The number of hydrogen-bond acceptors (Lipinski definition) is 4. The average molecular weight is 348 g/mol. The number of methoxy groups -OCH3 is 2. The Bertz CT molecular complexity index is 465. The van der Waals surface area contributed by atoms with Crippen LogP contribution in [0.4, 0.5) is 13.2 Å². The van der Waals surface area contributed by atoms with Crippen LogP contribution in [0.2, 0.25) is 0 Å². The van der Waals surface area contributed by atoms with E-state index < -0.39 is 12.5 Å². The molecular weight excluding hydrogens is 321 g/mol. The Morgan fingerprint density at radius 2 is 1.92 bits per heavy atom. The van der Waals surface area contributed by atoms with Crippen LogP contribution in [0.5, 0.6) is 0 Å². The lowest BCUT2D eigenvalue weighted by Crippen LogP contribution is -2.32. The van der Waals surface area contributed by atoms with Crippen LogP contribution < -0.4 is 0 Å². The van der Waals surface area contributed by atoms with E-state index in [0.717, 1.165) is 18.5 Å². The number of alkyl halides is 3. The summed E-state index contributed by atoms with van der Waals surface area (Å²) in [6, 6.07) is 4.71. The van der Waals surface area contributed by atoms with E-state index in [1.54, 1.807) is 14.2 Å². The predicted octanol–water partition coefficient (Wildman–Crippen LogP) is 4.27. The molecule has 0 saturated carbocycles. The molecule has 0 amide bonds. The van der Waals surface area contributed by atoms with E-state index in [1.165, 1.54) is 24.9 Å². The van der Waals surface area contributed by atoms with Gasteiger partial charge >= 0.3 is 6.68 Å². The molecule has 1 aliphatic heterocycles. The maximum Gasteiger partial charge on any atom is 0.379 e. The van der Waals surface area contributed by atoms with E-state index in [1.807, 2.05) is 12.3 Å². The molecule has 0 spiro atoms. The predicted molar refractivity (Wildman–Crippen MR) is 86.6 cm³/mol. The Morgan fingerprint density at radius 1 is 1.29 bits per heavy atom. The number of rotatable bonds is 6. The third-order valence-electron chi connectivity index (χ3n) is 4.32. The van der Waals surface area contributed by atoms with Crippen LogP contribution in [-0.4, -0.2) is 44.4 Å². The van der Waals surface area contributed by atoms with E-state index in [4.69, 9.17) is 9.47 Å². The summed E-state index contributed by atoms with van der Waals surface area (Å²) in [5, 5.41) is 0. The standard InChI is InChI=1S/C16H26N2O2.CHF3/c1-5-10-16(19-3,20-4)15-9-8-13(12-17-15)14-7-6-11-18(14)2;2-1(3)4/h8-9,12,14H,5-7,10-11H2,1-4H3;1H. The van der Waals surface area contributed by atoms with Gasteiger partial charge in [-0.25, -0.2) is 0 Å². The SMILES string of the molecule is CCCC(OC)(OC)c1ccc(C2CCCN2C)cn1.FC(F)F. The zero-order chi connectivity index (χ0) is 18.2. The summed E-state index contributed by atoms with van der Waals surface area (Å²) >= 11 is 0. The number of pyridine rings is 1. The summed E-state index contributed by atoms with van der Waals surface area (Å²) in [5.74, 6) is -0.713. The molecule has 1 unspecified atom stereocenters. The summed E-state index contributed by atoms with van der Waals surface area (Å²) in [4.78, 5) is 7.01. The minimum absolute atomic E-state index is 0.502. The van der Waals surface area contributed by atoms with Gasteiger partial charge in [0.1, 0.15) is 0 Å². The maximum atomic E-state index is 9.67. The van der Waals surface area contributed by atoms with Gasteiger partial charge in [-0.15, -0.1) is 0 Å². The maximum absolute atomic E-state index is 9.67. The monoisotopic (exact) mass is 348 g/mol. The first-order chi connectivity index (χ1) is 11.4. The van der Waals surface area contributed by atoms with E-state index >= 15 is 0 Å². The van der Waals surface area contributed by atoms with Crippen LogP contribution >= 0.6 is 0 Å². The zero-order valence-electron chi connectivity index (χ0n) is 14.8. The van der Waals surface area contributed by atoms with E-state index in [9.17, 15) is 13.2 Å². The third-order valence-corrected chi connectivity index (χ3v) is 4.32. The molecule has 1 aromatic rings. The molecule has 2 rings (SSSR count). The first-order valence-corrected chi connectivity index (χ1v) is 8.09. The van der Waals surface area contributed by atoms with E-state index in [-0.39, 0.29) is 0 Å². The fraction of sp³-hybridized carbons (Fsp3) is 0.706. The first kappa shape index (κ1) is 20.9. The summed E-state index contributed by atoms with van der Waals surface area (Å²) in [6.07, 6.45) is 6.24. The third kappa shape index (κ3) is 5.43. The fourth-order valence-electron chi connectivity index (χ4n) is 3.11. The van der Waals surface area contributed by atoms with Gasteiger partial charge in [0, 0.05) is 32.9 Å². The second kappa shape index (κ2) is 9.96. The van der Waals surface area contributed by atoms with Crippen LogP contribution in [0, 0.1) is 0 Å². The molecule has 2 heterocycles. The van der Waals surface area contributed by atoms with Crippen LogP contribution in [-0.2, 0) is 15.3 Å². The molecule has 1 aliphatic rings. The highest BCUT2D eigenvalue weighted by atomic mass is 19.4. The van der Waals surface area contributed by atoms with Gasteiger partial charge in [0.2, 0.25) is 5.79 Å².